The predicted octanol–water partition coefficient (Wildman–Crippen LogP) is 3.23. The molecule has 1 aromatic carbocycles. The number of anilines is 1. The van der Waals surface area contributed by atoms with Gasteiger partial charge in [0.25, 0.3) is 0 Å². The van der Waals surface area contributed by atoms with E-state index >= 15 is 0 Å². The van der Waals surface area contributed by atoms with Gasteiger partial charge in [-0.3, -0.25) is 9.67 Å². The second-order valence-corrected chi connectivity index (χ2v) is 8.79. The summed E-state index contributed by atoms with van der Waals surface area (Å²) in [6, 6.07) is 10.0. The van der Waals surface area contributed by atoms with Crippen LogP contribution >= 0.6 is 0 Å². The first kappa shape index (κ1) is 19.8. The Hall–Kier alpha value is -2.50. The van der Waals surface area contributed by atoms with Crippen molar-refractivity contribution in [2.24, 2.45) is 12.0 Å². The first-order valence-corrected chi connectivity index (χ1v) is 10.9. The highest BCUT2D eigenvalue weighted by Gasteiger charge is 2.39. The summed E-state index contributed by atoms with van der Waals surface area (Å²) < 4.78 is 1.87. The van der Waals surface area contributed by atoms with E-state index in [9.17, 15) is 0 Å². The Kier molecular flexibility index (Phi) is 5.79. The van der Waals surface area contributed by atoms with E-state index < -0.39 is 0 Å². The highest BCUT2D eigenvalue weighted by molar-refractivity contribution is 5.81. The van der Waals surface area contributed by atoms with E-state index in [1.165, 1.54) is 36.1 Å². The number of guanidine groups is 1. The van der Waals surface area contributed by atoms with E-state index in [1.54, 1.807) is 0 Å². The van der Waals surface area contributed by atoms with Gasteiger partial charge in [-0.2, -0.15) is 5.10 Å². The third-order valence-electron chi connectivity index (χ3n) is 6.19. The lowest BCUT2D eigenvalue weighted by atomic mass is 10.0. The molecule has 0 spiro atoms. The minimum Gasteiger partial charge on any atom is -0.367 e. The molecule has 3 atom stereocenters. The lowest BCUT2D eigenvalue weighted by Gasteiger charge is -2.34. The van der Waals surface area contributed by atoms with Crippen molar-refractivity contribution in [2.75, 3.05) is 25.0 Å². The van der Waals surface area contributed by atoms with Crippen LogP contribution in [0.15, 0.2) is 41.7 Å². The van der Waals surface area contributed by atoms with E-state index in [4.69, 9.17) is 0 Å². The Morgan fingerprint density at radius 3 is 2.66 bits per heavy atom. The fourth-order valence-corrected chi connectivity index (χ4v) is 4.29. The van der Waals surface area contributed by atoms with Crippen LogP contribution in [0.5, 0.6) is 0 Å². The molecule has 2 N–H and O–H groups in total. The Morgan fingerprint density at radius 2 is 2.00 bits per heavy atom. The Labute approximate surface area is 174 Å². The zero-order valence-corrected chi connectivity index (χ0v) is 18.1. The van der Waals surface area contributed by atoms with Gasteiger partial charge in [-0.25, -0.2) is 0 Å². The van der Waals surface area contributed by atoms with Gasteiger partial charge in [0.05, 0.1) is 11.9 Å². The molecule has 6 heteroatoms. The first-order chi connectivity index (χ1) is 14.0. The molecule has 29 heavy (non-hydrogen) atoms. The summed E-state index contributed by atoms with van der Waals surface area (Å²) in [5.74, 6) is 2.10. The number of piperidine rings is 1. The summed E-state index contributed by atoms with van der Waals surface area (Å²) in [7, 11) is 3.84. The van der Waals surface area contributed by atoms with Crippen LogP contribution in [0.3, 0.4) is 0 Å². The van der Waals surface area contributed by atoms with Crippen LogP contribution < -0.4 is 15.5 Å². The molecule has 3 unspecified atom stereocenters. The number of benzene rings is 1. The maximum absolute atomic E-state index is 4.49. The average Bonchev–Trinajstić information content (AvgIpc) is 3.36. The van der Waals surface area contributed by atoms with Gasteiger partial charge in [0.2, 0.25) is 0 Å². The van der Waals surface area contributed by atoms with E-state index in [2.05, 4.69) is 69.9 Å². The molecule has 4 rings (SSSR count). The van der Waals surface area contributed by atoms with Crippen molar-refractivity contribution in [1.29, 1.82) is 0 Å². The van der Waals surface area contributed by atoms with Crippen LogP contribution in [0.4, 0.5) is 5.69 Å². The lowest BCUT2D eigenvalue weighted by molar-refractivity contribution is 0.467. The largest absolute Gasteiger partial charge is 0.367 e. The molecule has 2 heterocycles. The Bertz CT molecular complexity index is 837. The molecule has 2 fully saturated rings. The van der Waals surface area contributed by atoms with Crippen LogP contribution in [0, 0.1) is 0 Å². The lowest BCUT2D eigenvalue weighted by Crippen LogP contribution is -2.51. The number of aromatic nitrogens is 2. The third-order valence-corrected chi connectivity index (χ3v) is 6.19. The fraction of sp³-hybridized carbons (Fsp3) is 0.565. The van der Waals surface area contributed by atoms with Gasteiger partial charge in [0, 0.05) is 51.4 Å². The first-order valence-electron chi connectivity index (χ1n) is 10.9. The summed E-state index contributed by atoms with van der Waals surface area (Å²) >= 11 is 0. The summed E-state index contributed by atoms with van der Waals surface area (Å²) in [6.45, 7) is 6.56. The molecule has 2 aromatic rings. The molecule has 1 saturated heterocycles. The minimum absolute atomic E-state index is 0.401. The fourth-order valence-electron chi connectivity index (χ4n) is 4.29. The highest BCUT2D eigenvalue weighted by Crippen LogP contribution is 2.41. The molecule has 6 nitrogen and oxygen atoms in total. The molecule has 0 bridgehead atoms. The standard InChI is InChI=1S/C23H34N6/c1-16(2)17-7-9-18(10-8-17)21-12-22(21)27-23(24-3)26-19-6-5-11-29(14-19)20-13-25-28(4)15-20/h7-10,13,15-16,19,21-22H,5-6,11-12,14H2,1-4H3,(H2,24,26,27). The second kappa shape index (κ2) is 8.47. The van der Waals surface area contributed by atoms with Crippen LogP contribution in [0.2, 0.25) is 0 Å². The number of nitrogens with one attached hydrogen (secondary N) is 2. The normalized spacial score (nSPS) is 24.7. The number of hydrogen-bond donors (Lipinski definition) is 2. The molecule has 156 valence electrons. The van der Waals surface area contributed by atoms with Crippen LogP contribution in [0.1, 0.15) is 56.1 Å². The monoisotopic (exact) mass is 394 g/mol. The van der Waals surface area contributed by atoms with Gasteiger partial charge >= 0.3 is 0 Å². The predicted molar refractivity (Wildman–Crippen MR) is 120 cm³/mol. The maximum Gasteiger partial charge on any atom is 0.191 e. The number of hydrogen-bond acceptors (Lipinski definition) is 3. The number of nitrogens with zero attached hydrogens (tertiary/aromatic N) is 4. The van der Waals surface area contributed by atoms with Crippen LogP contribution in [-0.4, -0.2) is 48.0 Å². The summed E-state index contributed by atoms with van der Waals surface area (Å²) in [5.41, 5.74) is 4.05. The van der Waals surface area contributed by atoms with E-state index in [1.807, 2.05) is 25.0 Å². The minimum atomic E-state index is 0.401. The van der Waals surface area contributed by atoms with Crippen LogP contribution in [-0.2, 0) is 7.05 Å². The maximum atomic E-state index is 4.49. The van der Waals surface area contributed by atoms with Crippen LogP contribution in [0.25, 0.3) is 0 Å². The van der Waals surface area contributed by atoms with Crippen molar-refractivity contribution in [3.63, 3.8) is 0 Å². The van der Waals surface area contributed by atoms with Crippen molar-refractivity contribution in [2.45, 2.75) is 57.0 Å². The van der Waals surface area contributed by atoms with Crippen molar-refractivity contribution in [1.82, 2.24) is 20.4 Å². The topological polar surface area (TPSA) is 57.5 Å². The molecule has 0 amide bonds. The molecule has 1 aliphatic heterocycles. The zero-order valence-electron chi connectivity index (χ0n) is 18.1. The summed E-state index contributed by atoms with van der Waals surface area (Å²) in [5, 5.41) is 11.6. The molecular weight excluding hydrogens is 360 g/mol. The van der Waals surface area contributed by atoms with Gasteiger partial charge in [-0.1, -0.05) is 38.1 Å². The van der Waals surface area contributed by atoms with Crippen molar-refractivity contribution in [3.05, 3.63) is 47.8 Å². The van der Waals surface area contributed by atoms with Gasteiger partial charge in [0.1, 0.15) is 0 Å². The quantitative estimate of drug-likeness (QED) is 0.604. The smallest absolute Gasteiger partial charge is 0.191 e. The van der Waals surface area contributed by atoms with E-state index in [0.29, 0.717) is 23.9 Å². The molecule has 1 aromatic heterocycles. The van der Waals surface area contributed by atoms with E-state index in [-0.39, 0.29) is 0 Å². The average molecular weight is 395 g/mol. The third kappa shape index (κ3) is 4.74. The number of aliphatic imine (C=N–C) groups is 1. The Balaban J connectivity index is 1.30. The van der Waals surface area contributed by atoms with Crippen molar-refractivity contribution in [3.8, 4) is 0 Å². The molecule has 0 radical (unpaired) electrons. The highest BCUT2D eigenvalue weighted by atomic mass is 15.3. The van der Waals surface area contributed by atoms with Gasteiger partial charge in [0.15, 0.2) is 5.96 Å². The molecule has 2 aliphatic rings. The van der Waals surface area contributed by atoms with Gasteiger partial charge < -0.3 is 15.5 Å². The second-order valence-electron chi connectivity index (χ2n) is 8.79. The summed E-state index contributed by atoms with van der Waals surface area (Å²) in [6.07, 6.45) is 7.57. The molecule has 1 aliphatic carbocycles. The molecule has 1 saturated carbocycles. The van der Waals surface area contributed by atoms with Gasteiger partial charge in [-0.05, 0) is 36.3 Å². The molecular formula is C23H34N6. The summed E-state index contributed by atoms with van der Waals surface area (Å²) in [4.78, 5) is 6.90. The van der Waals surface area contributed by atoms with Crippen molar-refractivity contribution >= 4 is 11.6 Å². The SMILES string of the molecule is CN=C(NC1CCCN(c2cnn(C)c2)C1)NC1CC1c1ccc(C(C)C)cc1. The van der Waals surface area contributed by atoms with Crippen molar-refractivity contribution < 1.29 is 0 Å². The Morgan fingerprint density at radius 1 is 1.21 bits per heavy atom. The van der Waals surface area contributed by atoms with E-state index in [0.717, 1.165) is 19.0 Å². The number of rotatable bonds is 5. The zero-order chi connectivity index (χ0) is 20.4. The number of aryl methyl sites for hydroxylation is 1. The van der Waals surface area contributed by atoms with Gasteiger partial charge in [-0.15, -0.1) is 0 Å².